The van der Waals surface area contributed by atoms with Crippen molar-refractivity contribution >= 4 is 27.7 Å². The summed E-state index contributed by atoms with van der Waals surface area (Å²) >= 11 is 0. The zero-order valence-electron chi connectivity index (χ0n) is 19.1. The third-order valence-corrected chi connectivity index (χ3v) is 7.75. The van der Waals surface area contributed by atoms with Crippen LogP contribution in [0.4, 0.5) is 0 Å². The van der Waals surface area contributed by atoms with Crippen molar-refractivity contribution in [2.75, 3.05) is 19.6 Å². The van der Waals surface area contributed by atoms with E-state index in [0.29, 0.717) is 25.2 Å². The lowest BCUT2D eigenvalue weighted by Gasteiger charge is -2.18. The molecule has 33 heavy (non-hydrogen) atoms. The largest absolute Gasteiger partial charge is 0.348 e. The summed E-state index contributed by atoms with van der Waals surface area (Å²) in [5, 5.41) is 2.77. The first kappa shape index (κ1) is 24.6. The van der Waals surface area contributed by atoms with E-state index in [2.05, 4.69) is 5.32 Å². The van der Waals surface area contributed by atoms with Gasteiger partial charge in [-0.05, 0) is 42.3 Å². The van der Waals surface area contributed by atoms with Gasteiger partial charge in [0.15, 0.2) is 0 Å². The summed E-state index contributed by atoms with van der Waals surface area (Å²) in [5.41, 5.74) is 1.58. The fraction of sp³-hybridized carbons (Fsp3) is 0.375. The predicted octanol–water partition coefficient (Wildman–Crippen LogP) is 3.04. The number of rotatable bonds is 10. The fourth-order valence-electron chi connectivity index (χ4n) is 3.73. The number of nitrogens with zero attached hydrogens (tertiary/aromatic N) is 2. The van der Waals surface area contributed by atoms with Crippen molar-refractivity contribution in [3.8, 4) is 0 Å². The van der Waals surface area contributed by atoms with E-state index in [1.807, 2.05) is 6.92 Å². The summed E-state index contributed by atoms with van der Waals surface area (Å²) in [4.78, 5) is 39.1. The Kier molecular flexibility index (Phi) is 7.65. The summed E-state index contributed by atoms with van der Waals surface area (Å²) in [6.45, 7) is 6.90. The monoisotopic (exact) mass is 471 g/mol. The standard InChI is InChI=1S/C24H29N3O5S/c1-4-7-14-27-23(29)20-13-10-18(15-21(20)24(27)30)22(28)25-16-17-8-11-19(12-9-17)33(31,32)26(5-2)6-3/h8-13,15H,4-7,14,16H2,1-3H3,(H,25,28). The Hall–Kier alpha value is -3.04. The lowest BCUT2D eigenvalue weighted by molar-refractivity contribution is 0.0652. The molecule has 0 saturated heterocycles. The highest BCUT2D eigenvalue weighted by Crippen LogP contribution is 2.24. The van der Waals surface area contributed by atoms with Gasteiger partial charge < -0.3 is 5.32 Å². The first-order chi connectivity index (χ1) is 15.7. The molecule has 8 nitrogen and oxygen atoms in total. The normalized spacial score (nSPS) is 13.5. The lowest BCUT2D eigenvalue weighted by Crippen LogP contribution is -2.30. The molecule has 2 aromatic carbocycles. The molecule has 3 amide bonds. The number of imide groups is 1. The smallest absolute Gasteiger partial charge is 0.261 e. The van der Waals surface area contributed by atoms with E-state index in [1.54, 1.807) is 26.0 Å². The van der Waals surface area contributed by atoms with Crippen LogP contribution in [0.15, 0.2) is 47.4 Å². The Morgan fingerprint density at radius 3 is 2.18 bits per heavy atom. The summed E-state index contributed by atoms with van der Waals surface area (Å²) in [6, 6.07) is 10.9. The molecule has 0 spiro atoms. The Bertz CT molecular complexity index is 1160. The van der Waals surface area contributed by atoms with Gasteiger partial charge in [-0.15, -0.1) is 0 Å². The van der Waals surface area contributed by atoms with E-state index >= 15 is 0 Å². The van der Waals surface area contributed by atoms with Crippen molar-refractivity contribution in [3.63, 3.8) is 0 Å². The van der Waals surface area contributed by atoms with Gasteiger partial charge in [-0.3, -0.25) is 19.3 Å². The summed E-state index contributed by atoms with van der Waals surface area (Å²) < 4.78 is 26.5. The number of carbonyl (C=O) groups is 3. The number of benzene rings is 2. The van der Waals surface area contributed by atoms with Crippen molar-refractivity contribution < 1.29 is 22.8 Å². The predicted molar refractivity (Wildman–Crippen MR) is 124 cm³/mol. The van der Waals surface area contributed by atoms with Gasteiger partial charge in [0, 0.05) is 31.7 Å². The van der Waals surface area contributed by atoms with Crippen LogP contribution in [-0.4, -0.2) is 55.0 Å². The molecule has 0 fully saturated rings. The maximum absolute atomic E-state index is 12.6. The summed E-state index contributed by atoms with van der Waals surface area (Å²) in [6.07, 6.45) is 1.59. The molecule has 176 valence electrons. The second kappa shape index (κ2) is 10.3. The highest BCUT2D eigenvalue weighted by Gasteiger charge is 2.35. The molecular formula is C24H29N3O5S. The van der Waals surface area contributed by atoms with Gasteiger partial charge in [0.2, 0.25) is 10.0 Å². The molecule has 1 aliphatic heterocycles. The SMILES string of the molecule is CCCCN1C(=O)c2ccc(C(=O)NCc3ccc(S(=O)(=O)N(CC)CC)cc3)cc2C1=O. The minimum Gasteiger partial charge on any atom is -0.348 e. The number of amides is 3. The van der Waals surface area contributed by atoms with E-state index in [-0.39, 0.29) is 40.3 Å². The van der Waals surface area contributed by atoms with Crippen LogP contribution in [-0.2, 0) is 16.6 Å². The quantitative estimate of drug-likeness (QED) is 0.537. The number of hydrogen-bond acceptors (Lipinski definition) is 5. The Morgan fingerprint density at radius 2 is 1.58 bits per heavy atom. The van der Waals surface area contributed by atoms with Gasteiger partial charge in [0.1, 0.15) is 0 Å². The van der Waals surface area contributed by atoms with Gasteiger partial charge >= 0.3 is 0 Å². The van der Waals surface area contributed by atoms with Crippen LogP contribution in [0.3, 0.4) is 0 Å². The molecule has 0 atom stereocenters. The molecule has 3 rings (SSSR count). The number of sulfonamides is 1. The summed E-state index contributed by atoms with van der Waals surface area (Å²) in [7, 11) is -3.54. The number of fused-ring (bicyclic) bond motifs is 1. The lowest BCUT2D eigenvalue weighted by atomic mass is 10.1. The molecular weight excluding hydrogens is 442 g/mol. The Morgan fingerprint density at radius 1 is 0.939 bits per heavy atom. The van der Waals surface area contributed by atoms with E-state index in [9.17, 15) is 22.8 Å². The van der Waals surface area contributed by atoms with Crippen LogP contribution in [0.1, 0.15) is 70.3 Å². The highest BCUT2D eigenvalue weighted by atomic mass is 32.2. The van der Waals surface area contributed by atoms with E-state index in [1.165, 1.54) is 39.5 Å². The van der Waals surface area contributed by atoms with Gasteiger partial charge in [-0.1, -0.05) is 39.3 Å². The molecule has 0 aromatic heterocycles. The van der Waals surface area contributed by atoms with Crippen LogP contribution in [0.25, 0.3) is 0 Å². The number of hydrogen-bond donors (Lipinski definition) is 1. The molecule has 1 heterocycles. The first-order valence-corrected chi connectivity index (χ1v) is 12.6. The number of nitrogens with one attached hydrogen (secondary N) is 1. The maximum atomic E-state index is 12.6. The zero-order chi connectivity index (χ0) is 24.2. The van der Waals surface area contributed by atoms with Crippen molar-refractivity contribution in [2.45, 2.75) is 45.1 Å². The third-order valence-electron chi connectivity index (χ3n) is 5.69. The number of carbonyl (C=O) groups excluding carboxylic acids is 3. The second-order valence-electron chi connectivity index (χ2n) is 7.79. The van der Waals surface area contributed by atoms with Crippen LogP contribution in [0.2, 0.25) is 0 Å². The number of unbranched alkanes of at least 4 members (excludes halogenated alkanes) is 1. The van der Waals surface area contributed by atoms with Gasteiger partial charge in [-0.2, -0.15) is 4.31 Å². The van der Waals surface area contributed by atoms with Crippen molar-refractivity contribution in [2.24, 2.45) is 0 Å². The minimum absolute atomic E-state index is 0.191. The average Bonchev–Trinajstić information content (AvgIpc) is 3.06. The topological polar surface area (TPSA) is 104 Å². The first-order valence-electron chi connectivity index (χ1n) is 11.1. The van der Waals surface area contributed by atoms with Crippen LogP contribution in [0, 0.1) is 0 Å². The fourth-order valence-corrected chi connectivity index (χ4v) is 5.19. The zero-order valence-corrected chi connectivity index (χ0v) is 19.9. The van der Waals surface area contributed by atoms with Crippen molar-refractivity contribution in [1.82, 2.24) is 14.5 Å². The molecule has 0 bridgehead atoms. The molecule has 0 radical (unpaired) electrons. The van der Waals surface area contributed by atoms with Gasteiger partial charge in [-0.25, -0.2) is 8.42 Å². The van der Waals surface area contributed by atoms with Crippen LogP contribution >= 0.6 is 0 Å². The molecule has 2 aromatic rings. The van der Waals surface area contributed by atoms with E-state index < -0.39 is 10.0 Å². The average molecular weight is 472 g/mol. The summed E-state index contributed by atoms with van der Waals surface area (Å²) in [5.74, 6) is -1.08. The van der Waals surface area contributed by atoms with Crippen LogP contribution < -0.4 is 5.32 Å². The highest BCUT2D eigenvalue weighted by molar-refractivity contribution is 7.89. The molecule has 1 N–H and O–H groups in total. The minimum atomic E-state index is -3.54. The Balaban J connectivity index is 1.67. The van der Waals surface area contributed by atoms with Gasteiger partial charge in [0.25, 0.3) is 17.7 Å². The molecule has 1 aliphatic rings. The molecule has 0 saturated carbocycles. The maximum Gasteiger partial charge on any atom is 0.261 e. The van der Waals surface area contributed by atoms with Crippen molar-refractivity contribution in [3.05, 3.63) is 64.7 Å². The van der Waals surface area contributed by atoms with Crippen LogP contribution in [0.5, 0.6) is 0 Å². The molecule has 0 aliphatic carbocycles. The second-order valence-corrected chi connectivity index (χ2v) is 9.73. The third kappa shape index (κ3) is 4.99. The Labute approximate surface area is 194 Å². The van der Waals surface area contributed by atoms with E-state index in [0.717, 1.165) is 18.4 Å². The molecule has 9 heteroatoms. The molecule has 0 unspecified atom stereocenters. The van der Waals surface area contributed by atoms with E-state index in [4.69, 9.17) is 0 Å². The van der Waals surface area contributed by atoms with Crippen molar-refractivity contribution in [1.29, 1.82) is 0 Å². The van der Waals surface area contributed by atoms with Gasteiger partial charge in [0.05, 0.1) is 16.0 Å².